The van der Waals surface area contributed by atoms with Crippen LogP contribution in [-0.2, 0) is 6.42 Å². The summed E-state index contributed by atoms with van der Waals surface area (Å²) >= 11 is 6.84. The van der Waals surface area contributed by atoms with Gasteiger partial charge in [0.1, 0.15) is 0 Å². The van der Waals surface area contributed by atoms with E-state index in [1.165, 1.54) is 16.2 Å². The van der Waals surface area contributed by atoms with Crippen LogP contribution in [0.25, 0.3) is 0 Å². The molecule has 1 aromatic carbocycles. The first-order valence-electron chi connectivity index (χ1n) is 7.53. The molecule has 0 spiro atoms. The van der Waals surface area contributed by atoms with Gasteiger partial charge in [0, 0.05) is 22.6 Å². The van der Waals surface area contributed by atoms with Crippen LogP contribution in [0.2, 0.25) is 0 Å². The number of thioether (sulfide) groups is 1. The highest BCUT2D eigenvalue weighted by Gasteiger charge is 2.36. The monoisotopic (exact) mass is 335 g/mol. The van der Waals surface area contributed by atoms with Crippen LogP contribution in [0.1, 0.15) is 33.3 Å². The summed E-state index contributed by atoms with van der Waals surface area (Å²) in [6, 6.07) is 10.6. The molecule has 1 unspecified atom stereocenters. The summed E-state index contributed by atoms with van der Waals surface area (Å²) in [7, 11) is 0. The van der Waals surface area contributed by atoms with Crippen molar-refractivity contribution in [3.05, 3.63) is 46.5 Å². The maximum absolute atomic E-state index is 5.70. The average molecular weight is 336 g/mol. The van der Waals surface area contributed by atoms with Gasteiger partial charge in [-0.15, -0.1) is 0 Å². The number of thiocarbonyl (C=S) groups is 1. The summed E-state index contributed by atoms with van der Waals surface area (Å²) in [6.07, 6.45) is 1.00. The molecule has 1 aliphatic heterocycles. The minimum Gasteiger partial charge on any atom is -0.376 e. The van der Waals surface area contributed by atoms with Gasteiger partial charge in [-0.1, -0.05) is 62.9 Å². The van der Waals surface area contributed by atoms with Crippen molar-refractivity contribution in [2.75, 3.05) is 6.54 Å². The van der Waals surface area contributed by atoms with E-state index >= 15 is 0 Å². The Morgan fingerprint density at radius 3 is 2.50 bits per heavy atom. The Morgan fingerprint density at radius 2 is 1.95 bits per heavy atom. The zero-order valence-corrected chi connectivity index (χ0v) is 15.4. The molecule has 3 N–H and O–H groups in total. The number of nitrogens with zero attached hydrogens (tertiary/aromatic N) is 1. The van der Waals surface area contributed by atoms with Gasteiger partial charge in [-0.25, -0.2) is 0 Å². The van der Waals surface area contributed by atoms with Crippen molar-refractivity contribution in [1.82, 2.24) is 10.2 Å². The average Bonchev–Trinajstić information content (AvgIpc) is 2.72. The fraction of sp³-hybridized carbons (Fsp3) is 0.471. The van der Waals surface area contributed by atoms with Gasteiger partial charge in [0.05, 0.1) is 0 Å². The van der Waals surface area contributed by atoms with Crippen LogP contribution >= 0.6 is 24.0 Å². The largest absolute Gasteiger partial charge is 0.376 e. The highest BCUT2D eigenvalue weighted by Crippen LogP contribution is 2.44. The van der Waals surface area contributed by atoms with Crippen molar-refractivity contribution >= 4 is 29.1 Å². The third kappa shape index (κ3) is 4.17. The number of nitrogens with one attached hydrogen (secondary N) is 1. The second-order valence-corrected chi connectivity index (χ2v) is 8.30. The Kier molecular flexibility index (Phi) is 5.40. The fourth-order valence-corrected chi connectivity index (χ4v) is 4.50. The lowest BCUT2D eigenvalue weighted by molar-refractivity contribution is 0.253. The van der Waals surface area contributed by atoms with Gasteiger partial charge in [0.2, 0.25) is 0 Å². The lowest BCUT2D eigenvalue weighted by Gasteiger charge is -2.35. The van der Waals surface area contributed by atoms with Crippen molar-refractivity contribution in [3.8, 4) is 0 Å². The van der Waals surface area contributed by atoms with E-state index in [0.717, 1.165) is 13.0 Å². The lowest BCUT2D eigenvalue weighted by atomic mass is 9.90. The van der Waals surface area contributed by atoms with Crippen LogP contribution in [0, 0.1) is 5.41 Å². The number of nitrogens with two attached hydrogens (primary N) is 1. The van der Waals surface area contributed by atoms with Gasteiger partial charge < -0.3 is 16.0 Å². The molecule has 0 bridgehead atoms. The Balaban J connectivity index is 2.18. The first kappa shape index (κ1) is 17.2. The van der Waals surface area contributed by atoms with Crippen LogP contribution < -0.4 is 11.1 Å². The number of hydrogen-bond acceptors (Lipinski definition) is 3. The molecular weight excluding hydrogens is 310 g/mol. The number of allylic oxidation sites excluding steroid dienone is 2. The van der Waals surface area contributed by atoms with Gasteiger partial charge in [-0.05, 0) is 31.1 Å². The molecule has 0 aliphatic carbocycles. The maximum Gasteiger partial charge on any atom is 0.165 e. The Morgan fingerprint density at radius 1 is 1.32 bits per heavy atom. The van der Waals surface area contributed by atoms with Gasteiger partial charge in [0.15, 0.2) is 10.6 Å². The van der Waals surface area contributed by atoms with Crippen LogP contribution in [-0.4, -0.2) is 22.1 Å². The van der Waals surface area contributed by atoms with Crippen molar-refractivity contribution < 1.29 is 0 Å². The molecule has 0 fully saturated rings. The third-order valence-corrected chi connectivity index (χ3v) is 4.91. The summed E-state index contributed by atoms with van der Waals surface area (Å²) in [6.45, 7) is 9.89. The molecule has 0 radical (unpaired) electrons. The molecule has 22 heavy (non-hydrogen) atoms. The maximum atomic E-state index is 5.70. The van der Waals surface area contributed by atoms with E-state index in [4.69, 9.17) is 18.0 Å². The van der Waals surface area contributed by atoms with Crippen LogP contribution in [0.15, 0.2) is 40.9 Å². The molecule has 1 heterocycles. The smallest absolute Gasteiger partial charge is 0.165 e. The molecule has 1 atom stereocenters. The van der Waals surface area contributed by atoms with Crippen molar-refractivity contribution in [1.29, 1.82) is 0 Å². The molecule has 3 nitrogen and oxygen atoms in total. The zero-order chi connectivity index (χ0) is 16.3. The first-order chi connectivity index (χ1) is 10.3. The highest BCUT2D eigenvalue weighted by atomic mass is 32.2. The molecule has 120 valence electrons. The predicted octanol–water partition coefficient (Wildman–Crippen LogP) is 3.67. The molecule has 5 heteroatoms. The highest BCUT2D eigenvalue weighted by molar-refractivity contribution is 8.03. The molecule has 2 rings (SSSR count). The van der Waals surface area contributed by atoms with E-state index in [0.29, 0.717) is 5.11 Å². The molecule has 0 saturated carbocycles. The van der Waals surface area contributed by atoms with Crippen molar-refractivity contribution in [2.45, 2.75) is 39.6 Å². The van der Waals surface area contributed by atoms with E-state index in [9.17, 15) is 0 Å². The molecule has 0 aromatic heterocycles. The first-order valence-corrected chi connectivity index (χ1v) is 8.82. The van der Waals surface area contributed by atoms with Gasteiger partial charge in [-0.3, -0.25) is 0 Å². The quantitative estimate of drug-likeness (QED) is 0.822. The lowest BCUT2D eigenvalue weighted by Crippen LogP contribution is -2.47. The topological polar surface area (TPSA) is 41.3 Å². The fourth-order valence-electron chi connectivity index (χ4n) is 2.92. The summed E-state index contributed by atoms with van der Waals surface area (Å²) in [5.41, 5.74) is 8.62. The van der Waals surface area contributed by atoms with Gasteiger partial charge in [-0.2, -0.15) is 0 Å². The molecular formula is C17H25N3S2. The minimum atomic E-state index is 0.0930. The molecule has 1 aliphatic rings. The number of hydrogen-bond donors (Lipinski definition) is 2. The van der Waals surface area contributed by atoms with E-state index in [1.54, 1.807) is 11.8 Å². The van der Waals surface area contributed by atoms with Crippen LogP contribution in [0.4, 0.5) is 0 Å². The number of rotatable bonds is 4. The predicted molar refractivity (Wildman–Crippen MR) is 100 cm³/mol. The Hall–Kier alpha value is -1.20. The SMILES string of the molecule is CC1=C(C(C)(C)C)N(CCc2ccccc2)C(NC(N)=S)S1. The van der Waals surface area contributed by atoms with E-state index in [1.807, 2.05) is 0 Å². The minimum absolute atomic E-state index is 0.0930. The Bertz CT molecular complexity index is 561. The van der Waals surface area contributed by atoms with E-state index in [2.05, 4.69) is 68.2 Å². The van der Waals surface area contributed by atoms with E-state index in [-0.39, 0.29) is 10.9 Å². The summed E-state index contributed by atoms with van der Waals surface area (Å²) in [5, 5.41) is 3.57. The van der Waals surface area contributed by atoms with Crippen molar-refractivity contribution in [3.63, 3.8) is 0 Å². The molecule has 0 saturated heterocycles. The summed E-state index contributed by atoms with van der Waals surface area (Å²) in [5.74, 6) is 0. The summed E-state index contributed by atoms with van der Waals surface area (Å²) < 4.78 is 0. The van der Waals surface area contributed by atoms with E-state index < -0.39 is 0 Å². The zero-order valence-electron chi connectivity index (χ0n) is 13.7. The number of benzene rings is 1. The van der Waals surface area contributed by atoms with Crippen LogP contribution in [0.3, 0.4) is 0 Å². The second-order valence-electron chi connectivity index (χ2n) is 6.56. The normalized spacial score (nSPS) is 18.7. The van der Waals surface area contributed by atoms with Gasteiger partial charge >= 0.3 is 0 Å². The standard InChI is InChI=1S/C17H25N3S2/c1-12-14(17(2,3)4)20(16(22-12)19-15(18)21)11-10-13-8-6-5-7-9-13/h5-9,16H,10-11H2,1-4H3,(H3,18,19,21). The van der Waals surface area contributed by atoms with Crippen LogP contribution in [0.5, 0.6) is 0 Å². The Labute approximate surface area is 143 Å². The molecule has 1 aromatic rings. The van der Waals surface area contributed by atoms with Crippen molar-refractivity contribution in [2.24, 2.45) is 11.1 Å². The molecule has 0 amide bonds. The third-order valence-electron chi connectivity index (χ3n) is 3.65. The second kappa shape index (κ2) is 6.92. The van der Waals surface area contributed by atoms with Gasteiger partial charge in [0.25, 0.3) is 0 Å². The summed E-state index contributed by atoms with van der Waals surface area (Å²) in [4.78, 5) is 3.75.